The molecule has 1 aromatic rings. The second-order valence-electron chi connectivity index (χ2n) is 3.43. The smallest absolute Gasteiger partial charge is 0.170 e. The Morgan fingerprint density at radius 3 is 2.37 bits per heavy atom. The molecule has 1 unspecified atom stereocenters. The van der Waals surface area contributed by atoms with Gasteiger partial charge in [0.15, 0.2) is 10.8 Å². The molecule has 0 saturated heterocycles. The van der Waals surface area contributed by atoms with Crippen LogP contribution < -0.4 is 18.7 Å². The van der Waals surface area contributed by atoms with Crippen LogP contribution >= 0.6 is 22.7 Å². The van der Waals surface area contributed by atoms with Crippen molar-refractivity contribution in [2.45, 2.75) is 6.92 Å². The standard InChI is InChI=1S/C10H10ClNO5S2/c1-7-12-18-10(19(7)17-11(13,14)15)8-3-5-9(16-2)6-4-8/h3-6H,1-2H3. The van der Waals surface area contributed by atoms with Crippen LogP contribution in [0.2, 0.25) is 0 Å². The predicted octanol–water partition coefficient (Wildman–Crippen LogP) is -0.649. The van der Waals surface area contributed by atoms with Gasteiger partial charge in [-0.05, 0) is 36.8 Å². The molecule has 0 aromatic heterocycles. The molecule has 0 saturated carbocycles. The van der Waals surface area contributed by atoms with Crippen molar-refractivity contribution in [2.24, 2.45) is 4.40 Å². The van der Waals surface area contributed by atoms with Crippen molar-refractivity contribution < 1.29 is 32.7 Å². The van der Waals surface area contributed by atoms with Crippen molar-refractivity contribution >= 4 is 32.0 Å². The van der Waals surface area contributed by atoms with Crippen molar-refractivity contribution in [3.05, 3.63) is 29.8 Å². The number of ether oxygens (including phenoxy) is 1. The first-order chi connectivity index (χ1) is 8.90. The van der Waals surface area contributed by atoms with Crippen LogP contribution in [-0.4, -0.2) is 16.4 Å². The van der Waals surface area contributed by atoms with Gasteiger partial charge in [0.25, 0.3) is 0 Å². The summed E-state index contributed by atoms with van der Waals surface area (Å²) in [5.41, 5.74) is 0.744. The van der Waals surface area contributed by atoms with Gasteiger partial charge in [0.2, 0.25) is 0 Å². The summed E-state index contributed by atoms with van der Waals surface area (Å²) in [6.45, 7) is 1.62. The molecular weight excluding hydrogens is 314 g/mol. The number of hydrogen-bond acceptors (Lipinski definition) is 7. The number of methoxy groups -OCH3 is 1. The molecule has 0 amide bonds. The Hall–Kier alpha value is -0.610. The van der Waals surface area contributed by atoms with E-state index in [0.717, 1.165) is 17.5 Å². The van der Waals surface area contributed by atoms with Crippen LogP contribution in [-0.2, 0) is 3.74 Å². The van der Waals surface area contributed by atoms with Crippen molar-refractivity contribution in [1.29, 1.82) is 0 Å². The van der Waals surface area contributed by atoms with Gasteiger partial charge in [-0.15, -0.1) is 0 Å². The largest absolute Gasteiger partial charge is 0.497 e. The van der Waals surface area contributed by atoms with Crippen molar-refractivity contribution in [1.82, 2.24) is 0 Å². The average molecular weight is 324 g/mol. The summed E-state index contributed by atoms with van der Waals surface area (Å²) in [4.78, 5) is 0. The van der Waals surface area contributed by atoms with Gasteiger partial charge in [0.1, 0.15) is 18.7 Å². The molecule has 0 N–H and O–H groups in total. The minimum Gasteiger partial charge on any atom is -0.497 e. The van der Waals surface area contributed by atoms with Gasteiger partial charge < -0.3 is 4.74 Å². The zero-order valence-electron chi connectivity index (χ0n) is 9.99. The normalized spacial score (nSPS) is 19.5. The van der Waals surface area contributed by atoms with Crippen molar-refractivity contribution in [2.75, 3.05) is 7.11 Å². The van der Waals surface area contributed by atoms with E-state index in [1.165, 1.54) is 0 Å². The molecule has 0 radical (unpaired) electrons. The fourth-order valence-corrected chi connectivity index (χ4v) is 4.99. The monoisotopic (exact) mass is 323 g/mol. The minimum atomic E-state index is -4.49. The molecule has 1 aliphatic rings. The maximum absolute atomic E-state index is 10.7. The summed E-state index contributed by atoms with van der Waals surface area (Å²) in [5, 5.41) is 0.461. The van der Waals surface area contributed by atoms with Crippen LogP contribution in [0.4, 0.5) is 0 Å². The van der Waals surface area contributed by atoms with E-state index < -0.39 is 21.0 Å². The lowest BCUT2D eigenvalue weighted by molar-refractivity contribution is -1.91. The lowest BCUT2D eigenvalue weighted by atomic mass is 10.2. The van der Waals surface area contributed by atoms with E-state index in [9.17, 15) is 14.0 Å². The Balaban J connectivity index is 2.34. The van der Waals surface area contributed by atoms with E-state index in [1.54, 1.807) is 38.3 Å². The summed E-state index contributed by atoms with van der Waals surface area (Å²) in [5.74, 6) is 0.681. The fourth-order valence-electron chi connectivity index (χ4n) is 1.35. The van der Waals surface area contributed by atoms with E-state index in [2.05, 4.69) is 8.13 Å². The lowest BCUT2D eigenvalue weighted by Gasteiger charge is -2.13. The molecule has 6 nitrogen and oxygen atoms in total. The van der Waals surface area contributed by atoms with Crippen LogP contribution in [0.15, 0.2) is 28.7 Å². The molecular formula is C10H10ClNO5S2. The Morgan fingerprint density at radius 2 is 1.84 bits per heavy atom. The maximum atomic E-state index is 10.7. The summed E-state index contributed by atoms with van der Waals surface area (Å²) >= 11 is 1.11. The molecule has 1 aliphatic heterocycles. The first kappa shape index (κ1) is 14.8. The van der Waals surface area contributed by atoms with Crippen LogP contribution in [0.5, 0.6) is 5.75 Å². The second-order valence-corrected chi connectivity index (χ2v) is 7.26. The summed E-state index contributed by atoms with van der Waals surface area (Å²) < 4.78 is 46.3. The highest BCUT2D eigenvalue weighted by atomic mass is 35.7. The molecule has 9 heteroatoms. The Kier molecular flexibility index (Phi) is 4.51. The lowest BCUT2D eigenvalue weighted by Crippen LogP contribution is -2.60. The first-order valence-electron chi connectivity index (χ1n) is 4.99. The topological polar surface area (TPSA) is 100 Å². The summed E-state index contributed by atoms with van der Waals surface area (Å²) in [6, 6.07) is 6.99. The van der Waals surface area contributed by atoms with Crippen LogP contribution in [0, 0.1) is 10.2 Å². The van der Waals surface area contributed by atoms with Gasteiger partial charge in [0.05, 0.1) is 17.4 Å². The molecule has 1 aromatic carbocycles. The number of halogens is 1. The quantitative estimate of drug-likeness (QED) is 0.539. The molecule has 1 heterocycles. The van der Waals surface area contributed by atoms with Crippen LogP contribution in [0.3, 0.4) is 0 Å². The van der Waals surface area contributed by atoms with E-state index in [4.69, 9.17) is 4.74 Å². The zero-order valence-corrected chi connectivity index (χ0v) is 12.4. The first-order valence-corrected chi connectivity index (χ1v) is 8.14. The second kappa shape index (κ2) is 5.80. The number of rotatable bonds is 4. The molecule has 0 fully saturated rings. The molecule has 0 spiro atoms. The Labute approximate surface area is 119 Å². The fraction of sp³-hybridized carbons (Fsp3) is 0.200. The summed E-state index contributed by atoms with van der Waals surface area (Å²) in [6.07, 6.45) is 0. The number of hydrogen-bond donors (Lipinski definition) is 0. The van der Waals surface area contributed by atoms with Gasteiger partial charge in [-0.2, -0.15) is 14.0 Å². The molecule has 0 bridgehead atoms. The third-order valence-electron chi connectivity index (χ3n) is 2.16. The molecule has 2 rings (SSSR count). The number of nitrogens with zero attached hydrogens (tertiary/aromatic N) is 1. The molecule has 1 atom stereocenters. The van der Waals surface area contributed by atoms with Gasteiger partial charge in [-0.1, -0.05) is 0 Å². The highest BCUT2D eigenvalue weighted by molar-refractivity contribution is 8.41. The molecule has 0 aliphatic carbocycles. The highest BCUT2D eigenvalue weighted by Gasteiger charge is 2.32. The van der Waals surface area contributed by atoms with Gasteiger partial charge in [-0.3, -0.25) is 0 Å². The van der Waals surface area contributed by atoms with E-state index in [1.807, 2.05) is 0 Å². The van der Waals surface area contributed by atoms with Crippen LogP contribution in [0.1, 0.15) is 12.5 Å². The molecule has 19 heavy (non-hydrogen) atoms. The van der Waals surface area contributed by atoms with E-state index in [0.29, 0.717) is 15.0 Å². The highest BCUT2D eigenvalue weighted by Crippen LogP contribution is 2.38. The van der Waals surface area contributed by atoms with Crippen LogP contribution in [0.25, 0.3) is 0 Å². The van der Waals surface area contributed by atoms with Gasteiger partial charge >= 0.3 is 0 Å². The van der Waals surface area contributed by atoms with Gasteiger partial charge in [0, 0.05) is 11.9 Å². The minimum absolute atomic E-state index is 0.461. The van der Waals surface area contributed by atoms with Crippen molar-refractivity contribution in [3.63, 3.8) is 0 Å². The zero-order chi connectivity index (χ0) is 14.0. The number of benzene rings is 1. The third kappa shape index (κ3) is 3.69. The van der Waals surface area contributed by atoms with Crippen molar-refractivity contribution in [3.8, 4) is 5.75 Å². The van der Waals surface area contributed by atoms with E-state index >= 15 is 0 Å². The summed E-state index contributed by atoms with van der Waals surface area (Å²) in [7, 11) is -4.20. The third-order valence-corrected chi connectivity index (χ3v) is 6.04. The Morgan fingerprint density at radius 1 is 1.21 bits per heavy atom. The molecule has 104 valence electrons. The van der Waals surface area contributed by atoms with E-state index in [-0.39, 0.29) is 0 Å². The predicted molar refractivity (Wildman–Crippen MR) is 66.5 cm³/mol. The Bertz CT molecular complexity index is 538. The SMILES string of the molecule is COc1ccc(C2=S(O[Cl+3]([O-])([O-])[O-])C(C)=NS2)cc1. The van der Waals surface area contributed by atoms with Gasteiger partial charge in [-0.25, -0.2) is 4.40 Å². The maximum Gasteiger partial charge on any atom is 0.170 e. The average Bonchev–Trinajstić information content (AvgIpc) is 2.69.